The molecule has 0 unspecified atom stereocenters. The zero-order chi connectivity index (χ0) is 17.9. The van der Waals surface area contributed by atoms with Gasteiger partial charge >= 0.3 is 0 Å². The Balaban J connectivity index is 1.65. The van der Waals surface area contributed by atoms with E-state index in [2.05, 4.69) is 15.2 Å². The summed E-state index contributed by atoms with van der Waals surface area (Å²) < 4.78 is 12.7. The lowest BCUT2D eigenvalue weighted by Gasteiger charge is -2.04. The molecule has 2 aromatic heterocycles. The van der Waals surface area contributed by atoms with Gasteiger partial charge < -0.3 is 9.26 Å². The highest BCUT2D eigenvalue weighted by atomic mass is 35.5. The van der Waals surface area contributed by atoms with Gasteiger partial charge in [-0.3, -0.25) is 4.68 Å². The molecular weight excluding hydrogens is 352 g/mol. The Morgan fingerprint density at radius 1 is 1.15 bits per heavy atom. The van der Waals surface area contributed by atoms with Crippen LogP contribution >= 0.6 is 11.6 Å². The fourth-order valence-electron chi connectivity index (χ4n) is 2.69. The number of ether oxygens (including phenoxy) is 1. The Morgan fingerprint density at radius 3 is 2.88 bits per heavy atom. The summed E-state index contributed by atoms with van der Waals surface area (Å²) >= 11 is 6.09. The molecule has 0 saturated carbocycles. The molecule has 4 rings (SSSR count). The van der Waals surface area contributed by atoms with Crippen molar-refractivity contribution in [3.8, 4) is 28.6 Å². The zero-order valence-electron chi connectivity index (χ0n) is 14.0. The number of hydrogen-bond donors (Lipinski definition) is 0. The van der Waals surface area contributed by atoms with Gasteiger partial charge in [0.05, 0.1) is 19.2 Å². The maximum Gasteiger partial charge on any atom is 0.258 e. The molecule has 0 fully saturated rings. The monoisotopic (exact) mass is 366 g/mol. The van der Waals surface area contributed by atoms with E-state index in [4.69, 9.17) is 20.9 Å². The van der Waals surface area contributed by atoms with Crippen molar-refractivity contribution in [2.45, 2.75) is 6.54 Å². The van der Waals surface area contributed by atoms with Gasteiger partial charge in [-0.25, -0.2) is 0 Å². The van der Waals surface area contributed by atoms with E-state index in [9.17, 15) is 0 Å². The Morgan fingerprint density at radius 2 is 2.08 bits per heavy atom. The number of halogens is 1. The summed E-state index contributed by atoms with van der Waals surface area (Å²) in [4.78, 5) is 4.50. The van der Waals surface area contributed by atoms with Crippen LogP contribution in [0.4, 0.5) is 0 Å². The molecule has 0 N–H and O–H groups in total. The topological polar surface area (TPSA) is 66.0 Å². The lowest BCUT2D eigenvalue weighted by Crippen LogP contribution is -1.99. The molecule has 0 atom stereocenters. The average molecular weight is 367 g/mol. The van der Waals surface area contributed by atoms with Gasteiger partial charge in [0.1, 0.15) is 5.75 Å². The van der Waals surface area contributed by atoms with E-state index in [1.54, 1.807) is 31.5 Å². The van der Waals surface area contributed by atoms with E-state index in [-0.39, 0.29) is 0 Å². The Kier molecular flexibility index (Phi) is 4.41. The van der Waals surface area contributed by atoms with Crippen LogP contribution < -0.4 is 4.74 Å². The molecule has 0 aliphatic rings. The van der Waals surface area contributed by atoms with Crippen LogP contribution in [0.25, 0.3) is 22.8 Å². The lowest BCUT2D eigenvalue weighted by molar-refractivity contribution is 0.413. The lowest BCUT2D eigenvalue weighted by atomic mass is 10.1. The molecule has 0 saturated heterocycles. The van der Waals surface area contributed by atoms with Crippen molar-refractivity contribution in [3.63, 3.8) is 0 Å². The first-order chi connectivity index (χ1) is 12.7. The minimum atomic E-state index is 0.428. The Hall–Kier alpha value is -3.12. The van der Waals surface area contributed by atoms with E-state index >= 15 is 0 Å². The first-order valence-electron chi connectivity index (χ1n) is 7.97. The van der Waals surface area contributed by atoms with Crippen molar-refractivity contribution in [2.75, 3.05) is 7.11 Å². The predicted octanol–water partition coefficient (Wildman–Crippen LogP) is 4.31. The summed E-state index contributed by atoms with van der Waals surface area (Å²) in [5, 5.41) is 8.88. The van der Waals surface area contributed by atoms with Gasteiger partial charge in [0, 0.05) is 23.0 Å². The normalized spacial score (nSPS) is 10.8. The van der Waals surface area contributed by atoms with Crippen molar-refractivity contribution in [2.24, 2.45) is 0 Å². The van der Waals surface area contributed by atoms with Crippen LogP contribution in [0, 0.1) is 0 Å². The van der Waals surface area contributed by atoms with Crippen LogP contribution in [0.5, 0.6) is 5.75 Å². The smallest absolute Gasteiger partial charge is 0.258 e. The van der Waals surface area contributed by atoms with Gasteiger partial charge in [-0.05, 0) is 42.0 Å². The first kappa shape index (κ1) is 16.4. The van der Waals surface area contributed by atoms with E-state index in [1.807, 2.05) is 41.2 Å². The quantitative estimate of drug-likeness (QED) is 0.526. The van der Waals surface area contributed by atoms with Crippen LogP contribution in [0.1, 0.15) is 5.56 Å². The summed E-state index contributed by atoms with van der Waals surface area (Å²) in [5.74, 6) is 1.50. The van der Waals surface area contributed by atoms with Gasteiger partial charge in [-0.2, -0.15) is 10.1 Å². The van der Waals surface area contributed by atoms with Crippen LogP contribution in [0.2, 0.25) is 5.02 Å². The molecule has 130 valence electrons. The third-order valence-corrected chi connectivity index (χ3v) is 4.14. The third kappa shape index (κ3) is 3.32. The molecular formula is C19H15ClN4O2. The molecule has 0 bridgehead atoms. The van der Waals surface area contributed by atoms with Gasteiger partial charge in [-0.15, -0.1) is 0 Å². The second-order valence-corrected chi connectivity index (χ2v) is 6.11. The minimum absolute atomic E-state index is 0.428. The van der Waals surface area contributed by atoms with Crippen LogP contribution in [-0.2, 0) is 6.54 Å². The molecule has 0 amide bonds. The minimum Gasteiger partial charge on any atom is -0.496 e. The molecule has 7 heteroatoms. The summed E-state index contributed by atoms with van der Waals surface area (Å²) in [7, 11) is 1.59. The standard InChI is InChI=1S/C19H15ClN4O2/c1-25-17-7-6-15(20)11-16(17)18-22-19(26-23-18)14-5-2-4-13(10-14)12-24-9-3-8-21-24/h2-11H,12H2,1H3. The zero-order valence-corrected chi connectivity index (χ0v) is 14.7. The number of nitrogens with zero attached hydrogens (tertiary/aromatic N) is 4. The Bertz CT molecular complexity index is 1030. The van der Waals surface area contributed by atoms with E-state index in [1.165, 1.54) is 0 Å². The first-order valence-corrected chi connectivity index (χ1v) is 8.35. The molecule has 2 aromatic carbocycles. The van der Waals surface area contributed by atoms with Crippen molar-refractivity contribution >= 4 is 11.6 Å². The van der Waals surface area contributed by atoms with Gasteiger partial charge in [0.25, 0.3) is 5.89 Å². The third-order valence-electron chi connectivity index (χ3n) is 3.91. The number of aromatic nitrogens is 4. The molecule has 0 radical (unpaired) electrons. The van der Waals surface area contributed by atoms with Gasteiger partial charge in [-0.1, -0.05) is 28.9 Å². The second-order valence-electron chi connectivity index (χ2n) is 5.67. The molecule has 4 aromatic rings. The molecule has 26 heavy (non-hydrogen) atoms. The molecule has 0 aliphatic heterocycles. The van der Waals surface area contributed by atoms with Crippen molar-refractivity contribution in [3.05, 3.63) is 71.5 Å². The number of rotatable bonds is 5. The van der Waals surface area contributed by atoms with Crippen molar-refractivity contribution in [1.29, 1.82) is 0 Å². The van der Waals surface area contributed by atoms with Crippen molar-refractivity contribution < 1.29 is 9.26 Å². The molecule has 6 nitrogen and oxygen atoms in total. The van der Waals surface area contributed by atoms with Gasteiger partial charge in [0.2, 0.25) is 5.82 Å². The highest BCUT2D eigenvalue weighted by molar-refractivity contribution is 6.30. The van der Waals surface area contributed by atoms with Crippen LogP contribution in [-0.4, -0.2) is 27.0 Å². The number of benzene rings is 2. The van der Waals surface area contributed by atoms with E-state index in [0.717, 1.165) is 11.1 Å². The fourth-order valence-corrected chi connectivity index (χ4v) is 2.86. The highest BCUT2D eigenvalue weighted by Crippen LogP contribution is 2.32. The summed E-state index contributed by atoms with van der Waals surface area (Å²) in [6.07, 6.45) is 3.68. The second kappa shape index (κ2) is 7.01. The van der Waals surface area contributed by atoms with Crippen LogP contribution in [0.3, 0.4) is 0 Å². The largest absolute Gasteiger partial charge is 0.496 e. The fraction of sp³-hybridized carbons (Fsp3) is 0.105. The maximum atomic E-state index is 6.09. The number of hydrogen-bond acceptors (Lipinski definition) is 5. The Labute approximate surface area is 155 Å². The van der Waals surface area contributed by atoms with E-state index < -0.39 is 0 Å². The summed E-state index contributed by atoms with van der Waals surface area (Å²) in [6.45, 7) is 0.671. The SMILES string of the molecule is COc1ccc(Cl)cc1-c1noc(-c2cccc(Cn3cccn3)c2)n1. The summed E-state index contributed by atoms with van der Waals surface area (Å²) in [6, 6.07) is 15.1. The number of methoxy groups -OCH3 is 1. The molecule has 0 spiro atoms. The maximum absolute atomic E-state index is 6.09. The molecule has 2 heterocycles. The van der Waals surface area contributed by atoms with Gasteiger partial charge in [0.15, 0.2) is 0 Å². The summed E-state index contributed by atoms with van der Waals surface area (Å²) in [5.41, 5.74) is 2.61. The van der Waals surface area contributed by atoms with E-state index in [0.29, 0.717) is 34.6 Å². The van der Waals surface area contributed by atoms with Crippen LogP contribution in [0.15, 0.2) is 65.4 Å². The van der Waals surface area contributed by atoms with Crippen molar-refractivity contribution in [1.82, 2.24) is 19.9 Å². The predicted molar refractivity (Wildman–Crippen MR) is 98.1 cm³/mol. The highest BCUT2D eigenvalue weighted by Gasteiger charge is 2.15. The average Bonchev–Trinajstić information content (AvgIpc) is 3.34. The molecule has 0 aliphatic carbocycles.